The molecule has 3 saturated heterocycles. The average molecular weight is 358 g/mol. The Kier molecular flexibility index (Phi) is 5.23. The maximum absolute atomic E-state index is 12.7. The molecule has 6 heteroatoms. The van der Waals surface area contributed by atoms with E-state index < -0.39 is 0 Å². The van der Waals surface area contributed by atoms with Crippen molar-refractivity contribution in [2.45, 2.75) is 33.2 Å². The summed E-state index contributed by atoms with van der Waals surface area (Å²) < 4.78 is 0. The molecule has 26 heavy (non-hydrogen) atoms. The Morgan fingerprint density at radius 3 is 2.58 bits per heavy atom. The lowest BCUT2D eigenvalue weighted by Gasteiger charge is -2.48. The van der Waals surface area contributed by atoms with E-state index in [0.717, 1.165) is 26.1 Å². The minimum atomic E-state index is 0.0415. The van der Waals surface area contributed by atoms with Gasteiger partial charge in [-0.15, -0.1) is 0 Å². The molecule has 3 heterocycles. The van der Waals surface area contributed by atoms with Crippen molar-refractivity contribution in [2.75, 3.05) is 37.6 Å². The van der Waals surface area contributed by atoms with E-state index in [0.29, 0.717) is 17.8 Å². The van der Waals surface area contributed by atoms with Gasteiger partial charge in [0, 0.05) is 25.3 Å². The van der Waals surface area contributed by atoms with E-state index in [2.05, 4.69) is 54.9 Å². The summed E-state index contributed by atoms with van der Waals surface area (Å²) in [4.78, 5) is 21.3. The molecule has 4 rings (SSSR count). The number of hydrogen-bond donors (Lipinski definition) is 2. The molecule has 0 aliphatic carbocycles. The maximum Gasteiger partial charge on any atom is 0.244 e. The molecule has 0 radical (unpaired) electrons. The van der Waals surface area contributed by atoms with Gasteiger partial charge in [0.05, 0.1) is 12.6 Å². The highest BCUT2D eigenvalue weighted by molar-refractivity contribution is 5.86. The van der Waals surface area contributed by atoms with Crippen molar-refractivity contribution in [2.24, 2.45) is 27.8 Å². The van der Waals surface area contributed by atoms with Crippen LogP contribution in [0.5, 0.6) is 0 Å². The lowest BCUT2D eigenvalue weighted by molar-refractivity contribution is -0.129. The smallest absolute Gasteiger partial charge is 0.244 e. The van der Waals surface area contributed by atoms with Crippen LogP contribution in [-0.2, 0) is 4.79 Å². The third-order valence-electron chi connectivity index (χ3n) is 5.76. The topological polar surface area (TPSA) is 87.9 Å². The Morgan fingerprint density at radius 1 is 1.23 bits per heavy atom. The molecule has 6 nitrogen and oxygen atoms in total. The first-order valence-corrected chi connectivity index (χ1v) is 9.40. The molecule has 0 saturated carbocycles. The number of rotatable bonds is 4. The van der Waals surface area contributed by atoms with Gasteiger partial charge in [-0.2, -0.15) is 0 Å². The molecule has 3 fully saturated rings. The zero-order valence-electron chi connectivity index (χ0n) is 16.1. The SMILES string of the molecule is Cc1ccc(N2C[C@H]3CN(C(=O)CN=C(N)CN)CC2C(C)(C)C3)cc1. The zero-order chi connectivity index (χ0) is 18.9. The highest BCUT2D eigenvalue weighted by Crippen LogP contribution is 2.43. The zero-order valence-corrected chi connectivity index (χ0v) is 16.1. The number of benzene rings is 1. The molecular formula is C20H31N5O. The number of anilines is 1. The number of hydrogen-bond acceptors (Lipinski definition) is 4. The third kappa shape index (κ3) is 3.85. The van der Waals surface area contributed by atoms with Crippen LogP contribution in [0.4, 0.5) is 5.69 Å². The molecule has 3 aliphatic heterocycles. The summed E-state index contributed by atoms with van der Waals surface area (Å²) in [6.07, 6.45) is 1.14. The van der Waals surface area contributed by atoms with Crippen molar-refractivity contribution in [1.82, 2.24) is 4.90 Å². The van der Waals surface area contributed by atoms with Crippen molar-refractivity contribution < 1.29 is 4.79 Å². The van der Waals surface area contributed by atoms with Gasteiger partial charge in [0.15, 0.2) is 0 Å². The number of amides is 1. The van der Waals surface area contributed by atoms with E-state index in [9.17, 15) is 4.79 Å². The molecule has 1 amide bonds. The summed E-state index contributed by atoms with van der Waals surface area (Å²) in [6.45, 7) is 9.55. The first-order valence-electron chi connectivity index (χ1n) is 9.40. The normalized spacial score (nSPS) is 25.3. The second kappa shape index (κ2) is 7.27. The van der Waals surface area contributed by atoms with Crippen molar-refractivity contribution >= 4 is 17.4 Å². The standard InChI is InChI=1S/C20H31N5O/c1-14-4-6-16(7-5-14)25-12-15-8-20(2,3)17(25)13-24(11-15)19(26)10-23-18(22)9-21/h4-7,15,17H,8-13,21H2,1-3H3,(H2,22,23)/t15-,17?/m1/s1. The molecule has 3 aliphatic rings. The minimum Gasteiger partial charge on any atom is -0.386 e. The van der Waals surface area contributed by atoms with Gasteiger partial charge < -0.3 is 21.3 Å². The number of amidine groups is 1. The van der Waals surface area contributed by atoms with Crippen LogP contribution >= 0.6 is 0 Å². The van der Waals surface area contributed by atoms with Crippen LogP contribution in [0.2, 0.25) is 0 Å². The molecule has 4 N–H and O–H groups in total. The second-order valence-electron chi connectivity index (χ2n) is 8.37. The van der Waals surface area contributed by atoms with Crippen LogP contribution in [0.3, 0.4) is 0 Å². The summed E-state index contributed by atoms with van der Waals surface area (Å²) in [5.41, 5.74) is 13.8. The Balaban J connectivity index is 1.82. The first-order chi connectivity index (χ1) is 12.3. The van der Waals surface area contributed by atoms with Gasteiger partial charge in [-0.25, -0.2) is 0 Å². The number of nitrogens with two attached hydrogens (primary N) is 2. The number of nitrogens with zero attached hydrogens (tertiary/aromatic N) is 3. The van der Waals surface area contributed by atoms with Crippen molar-refractivity contribution in [3.8, 4) is 0 Å². The molecular weight excluding hydrogens is 326 g/mol. The predicted octanol–water partition coefficient (Wildman–Crippen LogP) is 1.37. The predicted molar refractivity (Wildman–Crippen MR) is 106 cm³/mol. The Labute approximate surface area is 156 Å². The number of carbonyl (C=O) groups is 1. The van der Waals surface area contributed by atoms with Crippen LogP contribution in [0.25, 0.3) is 0 Å². The molecule has 1 unspecified atom stereocenters. The van der Waals surface area contributed by atoms with Gasteiger partial charge in [0.1, 0.15) is 12.4 Å². The fraction of sp³-hybridized carbons (Fsp3) is 0.600. The van der Waals surface area contributed by atoms with Crippen LogP contribution in [0, 0.1) is 18.3 Å². The quantitative estimate of drug-likeness (QED) is 0.629. The molecule has 0 spiro atoms. The number of aryl methyl sites for hydroxylation is 1. The van der Waals surface area contributed by atoms with Gasteiger partial charge in [-0.1, -0.05) is 31.5 Å². The van der Waals surface area contributed by atoms with Crippen molar-refractivity contribution in [1.29, 1.82) is 0 Å². The highest BCUT2D eigenvalue weighted by atomic mass is 16.2. The lowest BCUT2D eigenvalue weighted by atomic mass is 9.73. The van der Waals surface area contributed by atoms with Crippen LogP contribution in [-0.4, -0.2) is 55.4 Å². The summed E-state index contributed by atoms with van der Waals surface area (Å²) >= 11 is 0. The van der Waals surface area contributed by atoms with Crippen molar-refractivity contribution in [3.63, 3.8) is 0 Å². The Hall–Kier alpha value is -2.08. The second-order valence-corrected chi connectivity index (χ2v) is 8.37. The highest BCUT2D eigenvalue weighted by Gasteiger charge is 2.46. The Morgan fingerprint density at radius 2 is 1.92 bits per heavy atom. The summed E-state index contributed by atoms with van der Waals surface area (Å²) in [7, 11) is 0. The van der Waals surface area contributed by atoms with E-state index in [1.54, 1.807) is 0 Å². The average Bonchev–Trinajstić information content (AvgIpc) is 2.87. The van der Waals surface area contributed by atoms with E-state index >= 15 is 0 Å². The number of fused-ring (bicyclic) bond motifs is 4. The van der Waals surface area contributed by atoms with Gasteiger partial charge in [0.25, 0.3) is 0 Å². The van der Waals surface area contributed by atoms with Crippen LogP contribution < -0.4 is 16.4 Å². The maximum atomic E-state index is 12.7. The van der Waals surface area contributed by atoms with E-state index in [1.165, 1.54) is 11.3 Å². The monoisotopic (exact) mass is 357 g/mol. The van der Waals surface area contributed by atoms with Crippen molar-refractivity contribution in [3.05, 3.63) is 29.8 Å². The fourth-order valence-corrected chi connectivity index (χ4v) is 4.39. The van der Waals surface area contributed by atoms with Gasteiger partial charge in [-0.05, 0) is 36.8 Å². The number of aliphatic imine (C=N–C) groups is 1. The van der Waals surface area contributed by atoms with E-state index in [1.807, 2.05) is 4.90 Å². The summed E-state index contributed by atoms with van der Waals surface area (Å²) in [5, 5.41) is 0. The van der Waals surface area contributed by atoms with Gasteiger partial charge in [-0.3, -0.25) is 9.79 Å². The van der Waals surface area contributed by atoms with Gasteiger partial charge >= 0.3 is 0 Å². The molecule has 2 atom stereocenters. The van der Waals surface area contributed by atoms with Crippen LogP contribution in [0.1, 0.15) is 25.8 Å². The van der Waals surface area contributed by atoms with E-state index in [4.69, 9.17) is 11.5 Å². The molecule has 0 aromatic heterocycles. The first kappa shape index (κ1) is 18.7. The third-order valence-corrected chi connectivity index (χ3v) is 5.76. The molecule has 142 valence electrons. The summed E-state index contributed by atoms with van der Waals surface area (Å²) in [6, 6.07) is 9.01. The van der Waals surface area contributed by atoms with Gasteiger partial charge in [0.2, 0.25) is 5.91 Å². The number of carbonyl (C=O) groups excluding carboxylic acids is 1. The largest absolute Gasteiger partial charge is 0.386 e. The Bertz CT molecular complexity index is 682. The molecule has 1 aromatic rings. The molecule has 1 aromatic carbocycles. The summed E-state index contributed by atoms with van der Waals surface area (Å²) in [5.74, 6) is 0.836. The molecule has 2 bridgehead atoms. The fourth-order valence-electron chi connectivity index (χ4n) is 4.39. The lowest BCUT2D eigenvalue weighted by Crippen LogP contribution is -2.54. The minimum absolute atomic E-state index is 0.0415. The number of piperidine rings is 1. The van der Waals surface area contributed by atoms with Crippen LogP contribution in [0.15, 0.2) is 29.3 Å². The van der Waals surface area contributed by atoms with E-state index in [-0.39, 0.29) is 24.4 Å².